The Hall–Kier alpha value is -2.28. The first-order chi connectivity index (χ1) is 11.1. The van der Waals surface area contributed by atoms with Crippen LogP contribution in [0.5, 0.6) is 0 Å². The number of halogens is 1. The Kier molecular flexibility index (Phi) is 4.38. The minimum absolute atomic E-state index is 0.331. The van der Waals surface area contributed by atoms with Gasteiger partial charge in [-0.1, -0.05) is 6.58 Å². The highest BCUT2D eigenvalue weighted by Crippen LogP contribution is 2.28. The summed E-state index contributed by atoms with van der Waals surface area (Å²) in [5.41, 5.74) is 1.02. The molecule has 1 atom stereocenters. The quantitative estimate of drug-likeness (QED) is 0.849. The predicted octanol–water partition coefficient (Wildman–Crippen LogP) is 2.02. The van der Waals surface area contributed by atoms with Crippen LogP contribution in [0.1, 0.15) is 0 Å². The van der Waals surface area contributed by atoms with Crippen LogP contribution in [0.2, 0.25) is 0 Å². The summed E-state index contributed by atoms with van der Waals surface area (Å²) in [7, 11) is 1.77. The lowest BCUT2D eigenvalue weighted by Gasteiger charge is -2.29. The van der Waals surface area contributed by atoms with E-state index in [1.165, 1.54) is 11.0 Å². The highest BCUT2D eigenvalue weighted by Gasteiger charge is 2.34. The van der Waals surface area contributed by atoms with Crippen molar-refractivity contribution in [2.45, 2.75) is 6.23 Å². The molecule has 7 heteroatoms. The second-order valence-electron chi connectivity index (χ2n) is 5.53. The van der Waals surface area contributed by atoms with Crippen LogP contribution >= 0.6 is 0 Å². The van der Waals surface area contributed by atoms with E-state index >= 15 is 0 Å². The van der Waals surface area contributed by atoms with E-state index < -0.39 is 12.3 Å². The number of carbonyl (C=O) groups excluding carboxylic acids is 1. The third-order valence-electron chi connectivity index (χ3n) is 4.13. The van der Waals surface area contributed by atoms with Crippen LogP contribution in [0.15, 0.2) is 31.0 Å². The maximum absolute atomic E-state index is 14.4. The maximum Gasteiger partial charge on any atom is 0.416 e. The average molecular weight is 321 g/mol. The number of ether oxygens (including phenoxy) is 2. The van der Waals surface area contributed by atoms with Gasteiger partial charge in [-0.2, -0.15) is 0 Å². The number of morpholine rings is 1. The first-order valence-corrected chi connectivity index (χ1v) is 7.55. The van der Waals surface area contributed by atoms with Gasteiger partial charge in [0.25, 0.3) is 0 Å². The maximum atomic E-state index is 14.4. The van der Waals surface area contributed by atoms with Gasteiger partial charge in [0.2, 0.25) is 0 Å². The van der Waals surface area contributed by atoms with Crippen LogP contribution in [0, 0.1) is 5.82 Å². The molecule has 0 spiro atoms. The molecule has 1 amide bonds. The summed E-state index contributed by atoms with van der Waals surface area (Å²) in [6.45, 7) is 6.48. The number of rotatable bonds is 4. The molecule has 2 aliphatic heterocycles. The zero-order valence-electron chi connectivity index (χ0n) is 13.1. The van der Waals surface area contributed by atoms with Crippen LogP contribution < -0.4 is 9.80 Å². The second kappa shape index (κ2) is 6.45. The molecule has 2 fully saturated rings. The number of carbonyl (C=O) groups is 1. The van der Waals surface area contributed by atoms with Crippen LogP contribution in [0.3, 0.4) is 0 Å². The van der Waals surface area contributed by atoms with Crippen molar-refractivity contribution in [2.75, 3.05) is 49.7 Å². The van der Waals surface area contributed by atoms with Gasteiger partial charge in [-0.3, -0.25) is 4.90 Å². The van der Waals surface area contributed by atoms with Crippen LogP contribution in [-0.2, 0) is 9.47 Å². The van der Waals surface area contributed by atoms with Gasteiger partial charge in [-0.15, -0.1) is 0 Å². The van der Waals surface area contributed by atoms with Gasteiger partial charge in [0, 0.05) is 20.1 Å². The summed E-state index contributed by atoms with van der Waals surface area (Å²) >= 11 is 0. The van der Waals surface area contributed by atoms with E-state index in [1.54, 1.807) is 30.3 Å². The third-order valence-corrected chi connectivity index (χ3v) is 4.13. The molecule has 0 aromatic heterocycles. The van der Waals surface area contributed by atoms with Crippen molar-refractivity contribution >= 4 is 17.5 Å². The number of hydrogen-bond acceptors (Lipinski definition) is 5. The van der Waals surface area contributed by atoms with Crippen LogP contribution in [0.4, 0.5) is 20.6 Å². The highest BCUT2D eigenvalue weighted by atomic mass is 19.1. The normalized spacial score (nSPS) is 21.3. The molecule has 1 aromatic carbocycles. The lowest BCUT2D eigenvalue weighted by Crippen LogP contribution is -2.36. The van der Waals surface area contributed by atoms with E-state index in [-0.39, 0.29) is 5.82 Å². The molecular formula is C16H20FN3O3. The monoisotopic (exact) mass is 321 g/mol. The van der Waals surface area contributed by atoms with E-state index in [9.17, 15) is 9.18 Å². The summed E-state index contributed by atoms with van der Waals surface area (Å²) < 4.78 is 25.0. The largest absolute Gasteiger partial charge is 0.423 e. The summed E-state index contributed by atoms with van der Waals surface area (Å²) in [5, 5.41) is 0. The fraction of sp³-hybridized carbons (Fsp3) is 0.438. The Morgan fingerprint density at radius 1 is 1.39 bits per heavy atom. The number of likely N-dealkylation sites (N-methyl/N-ethyl adjacent to an activating group) is 1. The Morgan fingerprint density at radius 2 is 2.13 bits per heavy atom. The highest BCUT2D eigenvalue weighted by molar-refractivity contribution is 5.90. The molecule has 2 heterocycles. The van der Waals surface area contributed by atoms with Crippen LogP contribution in [-0.4, -0.2) is 57.1 Å². The predicted molar refractivity (Wildman–Crippen MR) is 85.0 cm³/mol. The Morgan fingerprint density at radius 3 is 2.78 bits per heavy atom. The molecule has 23 heavy (non-hydrogen) atoms. The summed E-state index contributed by atoms with van der Waals surface area (Å²) in [5.74, 6) is -0.349. The molecule has 3 rings (SSSR count). The number of anilines is 2. The van der Waals surface area contributed by atoms with Crippen LogP contribution in [0.25, 0.3) is 0 Å². The minimum atomic E-state index is -0.484. The molecule has 6 nitrogen and oxygen atoms in total. The number of amides is 1. The molecule has 0 N–H and O–H groups in total. The Labute approximate surface area is 134 Å². The van der Waals surface area contributed by atoms with Crippen molar-refractivity contribution < 1.29 is 18.7 Å². The van der Waals surface area contributed by atoms with Gasteiger partial charge in [-0.05, 0) is 24.4 Å². The summed E-state index contributed by atoms with van der Waals surface area (Å²) in [6.07, 6.45) is 0.688. The minimum Gasteiger partial charge on any atom is -0.423 e. The smallest absolute Gasteiger partial charge is 0.416 e. The number of nitrogens with zero attached hydrogens (tertiary/aromatic N) is 3. The van der Waals surface area contributed by atoms with Gasteiger partial charge in [0.15, 0.2) is 6.23 Å². The topological polar surface area (TPSA) is 45.2 Å². The molecule has 1 aromatic rings. The van der Waals surface area contributed by atoms with E-state index in [1.807, 2.05) is 4.90 Å². The second-order valence-corrected chi connectivity index (χ2v) is 5.53. The van der Waals surface area contributed by atoms with Crippen molar-refractivity contribution in [3.63, 3.8) is 0 Å². The van der Waals surface area contributed by atoms with E-state index in [2.05, 4.69) is 6.58 Å². The molecular weight excluding hydrogens is 301 g/mol. The molecule has 2 aliphatic rings. The van der Waals surface area contributed by atoms with Gasteiger partial charge < -0.3 is 19.3 Å². The Balaban J connectivity index is 1.77. The third kappa shape index (κ3) is 3.10. The molecule has 0 radical (unpaired) electrons. The lowest BCUT2D eigenvalue weighted by molar-refractivity contribution is 0.0673. The van der Waals surface area contributed by atoms with E-state index in [4.69, 9.17) is 9.47 Å². The van der Waals surface area contributed by atoms with Gasteiger partial charge in [0.1, 0.15) is 5.82 Å². The fourth-order valence-electron chi connectivity index (χ4n) is 2.71. The fourth-order valence-corrected chi connectivity index (χ4v) is 2.71. The zero-order valence-corrected chi connectivity index (χ0v) is 13.1. The lowest BCUT2D eigenvalue weighted by atomic mass is 10.2. The Bertz CT molecular complexity index is 604. The molecule has 0 saturated carbocycles. The van der Waals surface area contributed by atoms with Gasteiger partial charge >= 0.3 is 6.09 Å². The van der Waals surface area contributed by atoms with E-state index in [0.717, 1.165) is 0 Å². The number of benzene rings is 1. The molecule has 0 aliphatic carbocycles. The first kappa shape index (κ1) is 15.6. The summed E-state index contributed by atoms with van der Waals surface area (Å²) in [4.78, 5) is 17.1. The van der Waals surface area contributed by atoms with Gasteiger partial charge in [0.05, 0.1) is 31.1 Å². The van der Waals surface area contributed by atoms with Crippen molar-refractivity contribution in [1.82, 2.24) is 4.90 Å². The van der Waals surface area contributed by atoms with E-state index in [0.29, 0.717) is 44.2 Å². The standard InChI is InChI=1S/C16H20FN3O3/c1-3-18(2)15-11-20(16(21)23-15)12-4-5-14(13(17)10-12)19-6-8-22-9-7-19/h3-5,10,15H,1,6-9,11H2,2H3. The number of hydrogen-bond donors (Lipinski definition) is 0. The molecule has 0 bridgehead atoms. The zero-order chi connectivity index (χ0) is 16.4. The summed E-state index contributed by atoms with van der Waals surface area (Å²) in [6, 6.07) is 4.82. The molecule has 124 valence electrons. The van der Waals surface area contributed by atoms with Crippen molar-refractivity contribution in [2.24, 2.45) is 0 Å². The van der Waals surface area contributed by atoms with Crippen molar-refractivity contribution in [3.8, 4) is 0 Å². The van der Waals surface area contributed by atoms with Crippen molar-refractivity contribution in [3.05, 3.63) is 36.8 Å². The SMILES string of the molecule is C=CN(C)C1CN(c2ccc(N3CCOCC3)c(F)c2)C(=O)O1. The molecule has 1 unspecified atom stereocenters. The van der Waals surface area contributed by atoms with Crippen molar-refractivity contribution in [1.29, 1.82) is 0 Å². The average Bonchev–Trinajstić information content (AvgIpc) is 2.96. The first-order valence-electron chi connectivity index (χ1n) is 7.55. The molecule has 2 saturated heterocycles. The number of cyclic esters (lactones) is 1. The van der Waals surface area contributed by atoms with Gasteiger partial charge in [-0.25, -0.2) is 9.18 Å².